The Labute approximate surface area is 138 Å². The molecule has 2 atom stereocenters. The maximum Gasteiger partial charge on any atom is 0.147 e. The van der Waals surface area contributed by atoms with Crippen LogP contribution in [-0.2, 0) is 6.54 Å². The zero-order valence-corrected chi connectivity index (χ0v) is 15.4. The number of halogens is 2. The molecule has 0 amide bonds. The van der Waals surface area contributed by atoms with Gasteiger partial charge in [-0.3, -0.25) is 0 Å². The van der Waals surface area contributed by atoms with Crippen LogP contribution in [0, 0.1) is 11.8 Å². The molecule has 1 fully saturated rings. The van der Waals surface area contributed by atoms with E-state index in [9.17, 15) is 0 Å². The number of nitrogens with one attached hydrogen (secondary N) is 1. The first-order chi connectivity index (χ1) is 9.60. The van der Waals surface area contributed by atoms with E-state index in [-0.39, 0.29) is 0 Å². The molecule has 0 bridgehead atoms. The standard InChI is InChI=1S/C16H23Br2NO/c1-11-4-3-5-12(6-11)9-19-10-13-7-14(17)16(20-2)15(18)8-13/h7-8,11-12,19H,3-6,9-10H2,1-2H3. The molecule has 1 aromatic rings. The Bertz CT molecular complexity index is 427. The van der Waals surface area contributed by atoms with Crippen molar-refractivity contribution < 1.29 is 4.74 Å². The van der Waals surface area contributed by atoms with Gasteiger partial charge >= 0.3 is 0 Å². The topological polar surface area (TPSA) is 21.3 Å². The van der Waals surface area contributed by atoms with Crippen LogP contribution >= 0.6 is 31.9 Å². The Morgan fingerprint density at radius 3 is 2.55 bits per heavy atom. The van der Waals surface area contributed by atoms with Crippen molar-refractivity contribution in [1.82, 2.24) is 5.32 Å². The average Bonchev–Trinajstić information content (AvgIpc) is 2.38. The smallest absolute Gasteiger partial charge is 0.147 e. The molecule has 0 spiro atoms. The van der Waals surface area contributed by atoms with E-state index in [2.05, 4.69) is 56.2 Å². The van der Waals surface area contributed by atoms with Gasteiger partial charge in [-0.1, -0.05) is 19.8 Å². The first-order valence-corrected chi connectivity index (χ1v) is 8.91. The predicted molar refractivity (Wildman–Crippen MR) is 91.2 cm³/mol. The molecule has 112 valence electrons. The van der Waals surface area contributed by atoms with Crippen LogP contribution in [0.3, 0.4) is 0 Å². The summed E-state index contributed by atoms with van der Waals surface area (Å²) in [6.07, 6.45) is 5.57. The molecule has 0 aliphatic heterocycles. The quantitative estimate of drug-likeness (QED) is 0.733. The summed E-state index contributed by atoms with van der Waals surface area (Å²) in [6, 6.07) is 4.25. The summed E-state index contributed by atoms with van der Waals surface area (Å²) in [5.41, 5.74) is 1.27. The van der Waals surface area contributed by atoms with Crippen molar-refractivity contribution in [2.75, 3.05) is 13.7 Å². The zero-order chi connectivity index (χ0) is 14.5. The second-order valence-corrected chi connectivity index (χ2v) is 7.57. The zero-order valence-electron chi connectivity index (χ0n) is 12.2. The van der Waals surface area contributed by atoms with Gasteiger partial charge in [0, 0.05) is 6.54 Å². The number of rotatable bonds is 5. The van der Waals surface area contributed by atoms with Crippen molar-refractivity contribution >= 4 is 31.9 Å². The summed E-state index contributed by atoms with van der Waals surface area (Å²) < 4.78 is 7.32. The number of ether oxygens (including phenoxy) is 1. The first kappa shape index (κ1) is 16.3. The van der Waals surface area contributed by atoms with Gasteiger partial charge in [0.1, 0.15) is 5.75 Å². The molecule has 1 aromatic carbocycles. The van der Waals surface area contributed by atoms with Crippen molar-refractivity contribution in [1.29, 1.82) is 0 Å². The lowest BCUT2D eigenvalue weighted by Crippen LogP contribution is -2.26. The second kappa shape index (κ2) is 7.81. The Morgan fingerprint density at radius 1 is 1.25 bits per heavy atom. The van der Waals surface area contributed by atoms with Gasteiger partial charge in [0.15, 0.2) is 0 Å². The van der Waals surface area contributed by atoms with E-state index in [0.29, 0.717) is 0 Å². The average molecular weight is 405 g/mol. The molecule has 2 unspecified atom stereocenters. The predicted octanol–water partition coefficient (Wildman–Crippen LogP) is 5.14. The molecule has 1 aliphatic rings. The summed E-state index contributed by atoms with van der Waals surface area (Å²) >= 11 is 7.10. The van der Waals surface area contributed by atoms with Crippen LogP contribution in [0.4, 0.5) is 0 Å². The molecule has 0 radical (unpaired) electrons. The van der Waals surface area contributed by atoms with E-state index >= 15 is 0 Å². The van der Waals surface area contributed by atoms with Crippen LogP contribution < -0.4 is 10.1 Å². The van der Waals surface area contributed by atoms with E-state index in [1.165, 1.54) is 31.2 Å². The highest BCUT2D eigenvalue weighted by Crippen LogP contribution is 2.34. The highest BCUT2D eigenvalue weighted by Gasteiger charge is 2.18. The Kier molecular flexibility index (Phi) is 6.37. The van der Waals surface area contributed by atoms with E-state index in [1.807, 2.05) is 0 Å². The number of hydrogen-bond acceptors (Lipinski definition) is 2. The van der Waals surface area contributed by atoms with Gasteiger partial charge in [-0.15, -0.1) is 0 Å². The summed E-state index contributed by atoms with van der Waals surface area (Å²) in [5, 5.41) is 3.60. The number of hydrogen-bond donors (Lipinski definition) is 1. The third-order valence-electron chi connectivity index (χ3n) is 4.07. The summed E-state index contributed by atoms with van der Waals surface area (Å²) in [7, 11) is 1.69. The van der Waals surface area contributed by atoms with E-state index in [0.717, 1.165) is 39.6 Å². The molecule has 2 nitrogen and oxygen atoms in total. The maximum absolute atomic E-state index is 5.33. The molecule has 4 heteroatoms. The van der Waals surface area contributed by atoms with Gasteiger partial charge in [0.2, 0.25) is 0 Å². The number of methoxy groups -OCH3 is 1. The van der Waals surface area contributed by atoms with E-state index in [1.54, 1.807) is 7.11 Å². The molecule has 0 saturated heterocycles. The highest BCUT2D eigenvalue weighted by atomic mass is 79.9. The molecule has 1 aliphatic carbocycles. The minimum Gasteiger partial charge on any atom is -0.494 e. The van der Waals surface area contributed by atoms with Gasteiger partial charge in [-0.05, 0) is 80.8 Å². The minimum atomic E-state index is 0.851. The molecular weight excluding hydrogens is 382 g/mol. The van der Waals surface area contributed by atoms with Crippen LogP contribution in [0.15, 0.2) is 21.1 Å². The Hall–Kier alpha value is -0.0600. The molecule has 0 aromatic heterocycles. The largest absolute Gasteiger partial charge is 0.494 e. The molecular formula is C16H23Br2NO. The van der Waals surface area contributed by atoms with Gasteiger partial charge in [0.05, 0.1) is 16.1 Å². The molecule has 0 heterocycles. The van der Waals surface area contributed by atoms with Crippen LogP contribution in [0.25, 0.3) is 0 Å². The van der Waals surface area contributed by atoms with Crippen molar-refractivity contribution in [2.45, 2.75) is 39.2 Å². The van der Waals surface area contributed by atoms with Crippen LogP contribution in [-0.4, -0.2) is 13.7 Å². The van der Waals surface area contributed by atoms with Gasteiger partial charge in [-0.25, -0.2) is 0 Å². The summed E-state index contributed by atoms with van der Waals surface area (Å²) in [6.45, 7) is 4.42. The normalized spacial score (nSPS) is 22.8. The number of benzene rings is 1. The van der Waals surface area contributed by atoms with Crippen LogP contribution in [0.1, 0.15) is 38.2 Å². The first-order valence-electron chi connectivity index (χ1n) is 7.32. The Balaban J connectivity index is 1.85. The monoisotopic (exact) mass is 403 g/mol. The fraction of sp³-hybridized carbons (Fsp3) is 0.625. The van der Waals surface area contributed by atoms with Crippen molar-refractivity contribution in [3.05, 3.63) is 26.6 Å². The Morgan fingerprint density at radius 2 is 1.95 bits per heavy atom. The molecule has 1 saturated carbocycles. The van der Waals surface area contributed by atoms with Crippen molar-refractivity contribution in [3.8, 4) is 5.75 Å². The second-order valence-electron chi connectivity index (χ2n) is 5.86. The van der Waals surface area contributed by atoms with E-state index < -0.39 is 0 Å². The summed E-state index contributed by atoms with van der Waals surface area (Å²) in [5.74, 6) is 2.61. The maximum atomic E-state index is 5.33. The SMILES string of the molecule is COc1c(Br)cc(CNCC2CCCC(C)C2)cc1Br. The fourth-order valence-electron chi connectivity index (χ4n) is 3.08. The van der Waals surface area contributed by atoms with Gasteiger partial charge < -0.3 is 10.1 Å². The molecule has 2 rings (SSSR count). The lowest BCUT2D eigenvalue weighted by atomic mass is 9.82. The molecule has 20 heavy (non-hydrogen) atoms. The lowest BCUT2D eigenvalue weighted by molar-refractivity contribution is 0.274. The third kappa shape index (κ3) is 4.47. The minimum absolute atomic E-state index is 0.851. The van der Waals surface area contributed by atoms with E-state index in [4.69, 9.17) is 4.74 Å². The van der Waals surface area contributed by atoms with Crippen LogP contribution in [0.2, 0.25) is 0 Å². The van der Waals surface area contributed by atoms with Gasteiger partial charge in [0.25, 0.3) is 0 Å². The molecule has 1 N–H and O–H groups in total. The fourth-order valence-corrected chi connectivity index (χ4v) is 4.68. The third-order valence-corrected chi connectivity index (χ3v) is 5.25. The lowest BCUT2D eigenvalue weighted by Gasteiger charge is -2.26. The van der Waals surface area contributed by atoms with Crippen LogP contribution in [0.5, 0.6) is 5.75 Å². The van der Waals surface area contributed by atoms with Gasteiger partial charge in [-0.2, -0.15) is 0 Å². The van der Waals surface area contributed by atoms with Crippen molar-refractivity contribution in [2.24, 2.45) is 11.8 Å². The summed E-state index contributed by atoms with van der Waals surface area (Å²) in [4.78, 5) is 0. The highest BCUT2D eigenvalue weighted by molar-refractivity contribution is 9.11. The van der Waals surface area contributed by atoms with Crippen molar-refractivity contribution in [3.63, 3.8) is 0 Å².